The van der Waals surface area contributed by atoms with Crippen LogP contribution < -0.4 is 5.73 Å². The van der Waals surface area contributed by atoms with Crippen molar-refractivity contribution < 1.29 is 4.92 Å². The summed E-state index contributed by atoms with van der Waals surface area (Å²) in [6.45, 7) is 1.64. The number of para-hydroxylation sites is 1. The van der Waals surface area contributed by atoms with Crippen LogP contribution >= 0.6 is 12.4 Å². The molecule has 5 nitrogen and oxygen atoms in total. The Hall–Kier alpha value is -1.88. The first-order valence-corrected chi connectivity index (χ1v) is 4.31. The highest BCUT2D eigenvalue weighted by atomic mass is 35.5. The van der Waals surface area contributed by atoms with Crippen molar-refractivity contribution in [3.05, 3.63) is 46.1 Å². The highest BCUT2D eigenvalue weighted by Crippen LogP contribution is 2.18. The average Bonchev–Trinajstić information content (AvgIpc) is 2.17. The van der Waals surface area contributed by atoms with Crippen LogP contribution in [0.25, 0.3) is 6.08 Å². The normalized spacial score (nSPS) is 11.2. The minimum atomic E-state index is -0.432. The van der Waals surface area contributed by atoms with Crippen LogP contribution in [0.3, 0.4) is 0 Å². The van der Waals surface area contributed by atoms with Crippen molar-refractivity contribution >= 4 is 30.0 Å². The highest BCUT2D eigenvalue weighted by molar-refractivity contribution is 5.85. The van der Waals surface area contributed by atoms with Crippen molar-refractivity contribution in [2.75, 3.05) is 0 Å². The second-order valence-electron chi connectivity index (χ2n) is 2.90. The van der Waals surface area contributed by atoms with Gasteiger partial charge in [0.2, 0.25) is 0 Å². The number of halogens is 1. The van der Waals surface area contributed by atoms with Gasteiger partial charge in [0.1, 0.15) is 0 Å². The summed E-state index contributed by atoms with van der Waals surface area (Å²) in [5.74, 6) is 0.407. The van der Waals surface area contributed by atoms with Crippen molar-refractivity contribution in [1.82, 2.24) is 0 Å². The molecule has 6 heteroatoms. The van der Waals surface area contributed by atoms with Crippen LogP contribution in [-0.4, -0.2) is 10.8 Å². The average molecular weight is 242 g/mol. The Morgan fingerprint density at radius 1 is 1.50 bits per heavy atom. The van der Waals surface area contributed by atoms with Gasteiger partial charge in [-0.2, -0.15) is 0 Å². The molecule has 0 bridgehead atoms. The minimum Gasteiger partial charge on any atom is -0.387 e. The number of aliphatic imine (C=N–C) groups is 1. The summed E-state index contributed by atoms with van der Waals surface area (Å²) in [7, 11) is 0. The maximum absolute atomic E-state index is 10.6. The van der Waals surface area contributed by atoms with Gasteiger partial charge >= 0.3 is 0 Å². The predicted octanol–water partition coefficient (Wildman–Crippen LogP) is 2.36. The summed E-state index contributed by atoms with van der Waals surface area (Å²) in [5.41, 5.74) is 5.88. The molecule has 0 aliphatic heterocycles. The lowest BCUT2D eigenvalue weighted by atomic mass is 10.2. The summed E-state index contributed by atoms with van der Waals surface area (Å²) in [6.07, 6.45) is 2.99. The second kappa shape index (κ2) is 6.58. The van der Waals surface area contributed by atoms with Gasteiger partial charge in [-0.1, -0.05) is 12.1 Å². The highest BCUT2D eigenvalue weighted by Gasteiger charge is 2.08. The second-order valence-corrected chi connectivity index (χ2v) is 2.90. The van der Waals surface area contributed by atoms with Crippen molar-refractivity contribution in [3.63, 3.8) is 0 Å². The zero-order valence-electron chi connectivity index (χ0n) is 8.66. The van der Waals surface area contributed by atoms with Crippen molar-refractivity contribution in [1.29, 1.82) is 0 Å². The third-order valence-corrected chi connectivity index (χ3v) is 1.67. The summed E-state index contributed by atoms with van der Waals surface area (Å²) < 4.78 is 0. The molecule has 0 fully saturated rings. The molecule has 0 spiro atoms. The molecule has 0 radical (unpaired) electrons. The number of hydrogen-bond acceptors (Lipinski definition) is 3. The lowest BCUT2D eigenvalue weighted by molar-refractivity contribution is -0.385. The topological polar surface area (TPSA) is 81.5 Å². The zero-order chi connectivity index (χ0) is 11.3. The first-order valence-electron chi connectivity index (χ1n) is 4.31. The number of nitrogens with two attached hydrogens (primary N) is 1. The summed E-state index contributed by atoms with van der Waals surface area (Å²) in [5, 5.41) is 10.6. The Bertz CT molecular complexity index is 426. The molecule has 16 heavy (non-hydrogen) atoms. The smallest absolute Gasteiger partial charge is 0.276 e. The first-order chi connectivity index (χ1) is 7.11. The molecule has 0 saturated heterocycles. The molecule has 1 rings (SSSR count). The molecule has 0 aliphatic carbocycles. The number of benzene rings is 1. The van der Waals surface area contributed by atoms with Crippen LogP contribution in [0.5, 0.6) is 0 Å². The van der Waals surface area contributed by atoms with E-state index in [2.05, 4.69) is 4.99 Å². The molecular formula is C10H12ClN3O2. The molecule has 0 aromatic heterocycles. The van der Waals surface area contributed by atoms with Crippen LogP contribution in [0.1, 0.15) is 12.5 Å². The van der Waals surface area contributed by atoms with Gasteiger partial charge in [0, 0.05) is 12.3 Å². The maximum Gasteiger partial charge on any atom is 0.276 e. The Balaban J connectivity index is 0.00000225. The molecule has 0 atom stereocenters. The number of amidine groups is 1. The number of nitro groups is 1. The van der Waals surface area contributed by atoms with E-state index < -0.39 is 4.92 Å². The van der Waals surface area contributed by atoms with Crippen molar-refractivity contribution in [2.45, 2.75) is 6.92 Å². The molecule has 0 heterocycles. The van der Waals surface area contributed by atoms with Gasteiger partial charge in [0.25, 0.3) is 5.69 Å². The van der Waals surface area contributed by atoms with Crippen molar-refractivity contribution in [2.24, 2.45) is 10.7 Å². The standard InChI is InChI=1S/C10H11N3O2.ClH/c1-8(11)12-7-6-9-4-2-3-5-10(9)13(14)15;/h2-7H,1H3,(H2,11,12);1H. The van der Waals surface area contributed by atoms with E-state index in [9.17, 15) is 10.1 Å². The lowest BCUT2D eigenvalue weighted by Crippen LogP contribution is -2.03. The quantitative estimate of drug-likeness (QED) is 0.382. The van der Waals surface area contributed by atoms with E-state index in [4.69, 9.17) is 5.73 Å². The Kier molecular flexibility index (Phi) is 5.80. The monoisotopic (exact) mass is 241 g/mol. The predicted molar refractivity (Wildman–Crippen MR) is 66.7 cm³/mol. The van der Waals surface area contributed by atoms with E-state index in [1.54, 1.807) is 31.2 Å². The molecular weight excluding hydrogens is 230 g/mol. The van der Waals surface area contributed by atoms with E-state index in [0.717, 1.165) is 0 Å². The van der Waals surface area contributed by atoms with Crippen LogP contribution in [0.2, 0.25) is 0 Å². The molecule has 0 unspecified atom stereocenters. The molecule has 0 aliphatic rings. The number of nitrogens with zero attached hydrogens (tertiary/aromatic N) is 2. The van der Waals surface area contributed by atoms with Gasteiger partial charge in [-0.15, -0.1) is 12.4 Å². The lowest BCUT2D eigenvalue weighted by Gasteiger charge is -1.95. The maximum atomic E-state index is 10.6. The van der Waals surface area contributed by atoms with E-state index in [-0.39, 0.29) is 18.1 Å². The van der Waals surface area contributed by atoms with E-state index in [1.165, 1.54) is 12.3 Å². The minimum absolute atomic E-state index is 0. The molecule has 0 amide bonds. The van der Waals surface area contributed by atoms with Crippen LogP contribution in [0.15, 0.2) is 35.5 Å². The van der Waals surface area contributed by atoms with Gasteiger partial charge in [0.15, 0.2) is 0 Å². The van der Waals surface area contributed by atoms with Gasteiger partial charge in [0.05, 0.1) is 16.3 Å². The summed E-state index contributed by atoms with van der Waals surface area (Å²) >= 11 is 0. The van der Waals surface area contributed by atoms with E-state index in [0.29, 0.717) is 11.4 Å². The van der Waals surface area contributed by atoms with E-state index in [1.807, 2.05) is 0 Å². The number of nitro benzene ring substituents is 1. The van der Waals surface area contributed by atoms with Crippen LogP contribution in [0, 0.1) is 10.1 Å². The largest absolute Gasteiger partial charge is 0.387 e. The van der Waals surface area contributed by atoms with Gasteiger partial charge < -0.3 is 5.73 Å². The van der Waals surface area contributed by atoms with Crippen LogP contribution in [0.4, 0.5) is 5.69 Å². The number of hydrogen-bond donors (Lipinski definition) is 1. The molecule has 86 valence electrons. The van der Waals surface area contributed by atoms with Crippen molar-refractivity contribution in [3.8, 4) is 0 Å². The third-order valence-electron chi connectivity index (χ3n) is 1.67. The fraction of sp³-hybridized carbons (Fsp3) is 0.100. The summed E-state index contributed by atoms with van der Waals surface area (Å²) in [6, 6.07) is 6.44. The fourth-order valence-corrected chi connectivity index (χ4v) is 1.03. The zero-order valence-corrected chi connectivity index (χ0v) is 9.48. The van der Waals surface area contributed by atoms with Crippen LogP contribution in [-0.2, 0) is 0 Å². The molecule has 0 saturated carbocycles. The fourth-order valence-electron chi connectivity index (χ4n) is 1.03. The Morgan fingerprint density at radius 3 is 2.69 bits per heavy atom. The first kappa shape index (κ1) is 14.1. The molecule has 1 aromatic rings. The molecule has 1 aromatic carbocycles. The number of rotatable bonds is 3. The Morgan fingerprint density at radius 2 is 2.12 bits per heavy atom. The van der Waals surface area contributed by atoms with Gasteiger partial charge in [-0.25, -0.2) is 4.99 Å². The van der Waals surface area contributed by atoms with Gasteiger partial charge in [-0.05, 0) is 19.1 Å². The third kappa shape index (κ3) is 4.10. The summed E-state index contributed by atoms with van der Waals surface area (Å²) in [4.78, 5) is 14.0. The Labute approximate surface area is 99.2 Å². The SMILES string of the molecule is CC(N)=NC=Cc1ccccc1[N+](=O)[O-].Cl. The molecule has 2 N–H and O–H groups in total. The van der Waals surface area contributed by atoms with E-state index >= 15 is 0 Å². The van der Waals surface area contributed by atoms with Gasteiger partial charge in [-0.3, -0.25) is 10.1 Å².